The molecule has 1 aromatic carbocycles. The lowest BCUT2D eigenvalue weighted by Crippen LogP contribution is -2.53. The third-order valence-electron chi connectivity index (χ3n) is 3.54. The maximum Gasteiger partial charge on any atom is 0.336 e. The molecular weight excluding hydrogens is 360 g/mol. The molecule has 12 heteroatoms. The predicted molar refractivity (Wildman–Crippen MR) is 76.1 cm³/mol. The van der Waals surface area contributed by atoms with Gasteiger partial charge in [0, 0.05) is 0 Å². The van der Waals surface area contributed by atoms with E-state index in [1.54, 1.807) is 0 Å². The molecule has 1 atom stereocenters. The third-order valence-corrected chi connectivity index (χ3v) is 3.54. The molecule has 0 radical (unpaired) electrons. The van der Waals surface area contributed by atoms with E-state index in [9.17, 15) is 39.0 Å². The van der Waals surface area contributed by atoms with Gasteiger partial charge in [-0.05, 0) is 11.6 Å². The van der Waals surface area contributed by atoms with Crippen LogP contribution in [-0.2, 0) is 19.2 Å². The molecule has 0 aliphatic rings. The molecular formula is C14H10O12. The zero-order chi connectivity index (χ0) is 20.4. The van der Waals surface area contributed by atoms with Gasteiger partial charge in [0.05, 0.1) is 11.1 Å². The fourth-order valence-electron chi connectivity index (χ4n) is 2.42. The first-order valence-electron chi connectivity index (χ1n) is 6.43. The summed E-state index contributed by atoms with van der Waals surface area (Å²) in [6.07, 6.45) is 0. The summed E-state index contributed by atoms with van der Waals surface area (Å²) in [5.41, 5.74) is -7.32. The lowest BCUT2D eigenvalue weighted by Gasteiger charge is -2.28. The van der Waals surface area contributed by atoms with Gasteiger partial charge in [0.15, 0.2) is 0 Å². The molecule has 0 bridgehead atoms. The lowest BCUT2D eigenvalue weighted by molar-refractivity contribution is -0.181. The number of hydrogen-bond donors (Lipinski definition) is 6. The molecule has 1 aromatic rings. The molecule has 1 unspecified atom stereocenters. The van der Waals surface area contributed by atoms with Gasteiger partial charge in [0.1, 0.15) is 5.92 Å². The highest BCUT2D eigenvalue weighted by molar-refractivity contribution is 6.20. The standard InChI is InChI=1S/C14H10O12/c15-8(16)5-3-1-2-4(6(5)9(17)18)7(10(19)20)14(11(21)22,12(23)24)13(25)26/h1-3,7H,(H,15,16)(H,17,18)(H,19,20)(H,21,22)(H,23,24)(H,25,26). The Morgan fingerprint density at radius 3 is 1.50 bits per heavy atom. The number of aliphatic carboxylic acids is 4. The maximum atomic E-state index is 11.6. The van der Waals surface area contributed by atoms with Gasteiger partial charge in [-0.2, -0.15) is 0 Å². The molecule has 0 fully saturated rings. The highest BCUT2D eigenvalue weighted by atomic mass is 16.4. The Hall–Kier alpha value is -3.96. The number of hydrogen-bond acceptors (Lipinski definition) is 6. The van der Waals surface area contributed by atoms with Crippen molar-refractivity contribution in [2.45, 2.75) is 5.92 Å². The van der Waals surface area contributed by atoms with Gasteiger partial charge in [-0.25, -0.2) is 9.59 Å². The SMILES string of the molecule is O=C(O)c1cccc(C(C(=O)O)C(C(=O)O)(C(=O)O)C(=O)O)c1C(=O)O. The summed E-state index contributed by atoms with van der Waals surface area (Å²) in [5, 5.41) is 55.0. The summed E-state index contributed by atoms with van der Waals surface area (Å²) >= 11 is 0. The summed E-state index contributed by atoms with van der Waals surface area (Å²) in [6.45, 7) is 0. The van der Waals surface area contributed by atoms with E-state index >= 15 is 0 Å². The minimum Gasteiger partial charge on any atom is -0.481 e. The minimum atomic E-state index is -4.01. The van der Waals surface area contributed by atoms with Crippen molar-refractivity contribution in [1.82, 2.24) is 0 Å². The quantitative estimate of drug-likeness (QED) is 0.318. The van der Waals surface area contributed by atoms with Gasteiger partial charge in [-0.1, -0.05) is 12.1 Å². The van der Waals surface area contributed by atoms with E-state index in [1.807, 2.05) is 0 Å². The summed E-state index contributed by atoms with van der Waals surface area (Å²) in [4.78, 5) is 68.5. The van der Waals surface area contributed by atoms with Crippen molar-refractivity contribution in [2.75, 3.05) is 0 Å². The highest BCUT2D eigenvalue weighted by Crippen LogP contribution is 2.40. The van der Waals surface area contributed by atoms with Crippen LogP contribution in [0.15, 0.2) is 18.2 Å². The van der Waals surface area contributed by atoms with Gasteiger partial charge >= 0.3 is 35.8 Å². The number of carboxylic acids is 6. The number of rotatable bonds is 8. The van der Waals surface area contributed by atoms with E-state index in [1.165, 1.54) is 0 Å². The summed E-state index contributed by atoms with van der Waals surface area (Å²) < 4.78 is 0. The molecule has 0 amide bonds. The first-order chi connectivity index (χ1) is 11.9. The molecule has 0 saturated carbocycles. The second kappa shape index (κ2) is 6.88. The van der Waals surface area contributed by atoms with Crippen molar-refractivity contribution in [1.29, 1.82) is 0 Å². The smallest absolute Gasteiger partial charge is 0.336 e. The average Bonchev–Trinajstić information content (AvgIpc) is 2.49. The minimum absolute atomic E-state index is 0.637. The van der Waals surface area contributed by atoms with Gasteiger partial charge in [0.25, 0.3) is 5.41 Å². The number of carboxylic acid groups (broad SMARTS) is 6. The van der Waals surface area contributed by atoms with Crippen molar-refractivity contribution in [3.63, 3.8) is 0 Å². The first-order valence-corrected chi connectivity index (χ1v) is 6.43. The maximum absolute atomic E-state index is 11.6. The Morgan fingerprint density at radius 2 is 1.19 bits per heavy atom. The molecule has 1 rings (SSSR count). The highest BCUT2D eigenvalue weighted by Gasteiger charge is 2.64. The van der Waals surface area contributed by atoms with Crippen LogP contribution in [0, 0.1) is 5.41 Å². The lowest BCUT2D eigenvalue weighted by atomic mass is 9.70. The summed E-state index contributed by atoms with van der Waals surface area (Å²) in [7, 11) is 0. The van der Waals surface area contributed by atoms with Gasteiger partial charge in [-0.3, -0.25) is 19.2 Å². The Bertz CT molecular complexity index is 800. The van der Waals surface area contributed by atoms with Crippen molar-refractivity contribution in [3.8, 4) is 0 Å². The van der Waals surface area contributed by atoms with Crippen LogP contribution in [0.1, 0.15) is 32.2 Å². The second-order valence-electron chi connectivity index (χ2n) is 4.87. The Morgan fingerprint density at radius 1 is 0.731 bits per heavy atom. The number of carbonyl (C=O) groups is 6. The molecule has 0 aromatic heterocycles. The van der Waals surface area contributed by atoms with Crippen molar-refractivity contribution >= 4 is 35.8 Å². The third kappa shape index (κ3) is 2.90. The Kier molecular flexibility index (Phi) is 5.32. The first kappa shape index (κ1) is 20.1. The Balaban J connectivity index is 4.07. The van der Waals surface area contributed by atoms with E-state index in [0.29, 0.717) is 6.07 Å². The van der Waals surface area contributed by atoms with Gasteiger partial charge in [-0.15, -0.1) is 0 Å². The summed E-state index contributed by atoms with van der Waals surface area (Å²) in [5.74, 6) is -16.8. The van der Waals surface area contributed by atoms with Gasteiger partial charge < -0.3 is 30.6 Å². The predicted octanol–water partition coefficient (Wildman–Crippen LogP) is -0.509. The molecule has 138 valence electrons. The average molecular weight is 370 g/mol. The molecule has 6 N–H and O–H groups in total. The van der Waals surface area contributed by atoms with Crippen LogP contribution in [0.5, 0.6) is 0 Å². The van der Waals surface area contributed by atoms with E-state index in [-0.39, 0.29) is 0 Å². The molecule has 0 saturated heterocycles. The zero-order valence-corrected chi connectivity index (χ0v) is 12.4. The van der Waals surface area contributed by atoms with Crippen LogP contribution < -0.4 is 0 Å². The molecule has 0 spiro atoms. The fraction of sp³-hybridized carbons (Fsp3) is 0.143. The Labute approximate surface area is 142 Å². The molecule has 0 aliphatic heterocycles. The number of benzene rings is 1. The van der Waals surface area contributed by atoms with Crippen LogP contribution >= 0.6 is 0 Å². The normalized spacial score (nSPS) is 12.0. The van der Waals surface area contributed by atoms with Crippen LogP contribution in [0.25, 0.3) is 0 Å². The number of aromatic carboxylic acids is 2. The molecule has 0 heterocycles. The van der Waals surface area contributed by atoms with Crippen LogP contribution in [0.4, 0.5) is 0 Å². The van der Waals surface area contributed by atoms with Gasteiger partial charge in [0.2, 0.25) is 0 Å². The van der Waals surface area contributed by atoms with Crippen LogP contribution in [0.2, 0.25) is 0 Å². The van der Waals surface area contributed by atoms with Crippen molar-refractivity contribution < 1.29 is 59.4 Å². The molecule has 12 nitrogen and oxygen atoms in total. The van der Waals surface area contributed by atoms with E-state index in [0.717, 1.165) is 12.1 Å². The zero-order valence-electron chi connectivity index (χ0n) is 12.4. The fourth-order valence-corrected chi connectivity index (χ4v) is 2.42. The van der Waals surface area contributed by atoms with E-state index in [4.69, 9.17) is 20.4 Å². The van der Waals surface area contributed by atoms with E-state index in [2.05, 4.69) is 0 Å². The molecule has 26 heavy (non-hydrogen) atoms. The second-order valence-corrected chi connectivity index (χ2v) is 4.87. The van der Waals surface area contributed by atoms with Crippen LogP contribution in [-0.4, -0.2) is 66.5 Å². The van der Waals surface area contributed by atoms with E-state index < -0.39 is 63.8 Å². The topological polar surface area (TPSA) is 224 Å². The van der Waals surface area contributed by atoms with Crippen LogP contribution in [0.3, 0.4) is 0 Å². The molecule has 0 aliphatic carbocycles. The van der Waals surface area contributed by atoms with Crippen molar-refractivity contribution in [3.05, 3.63) is 34.9 Å². The monoisotopic (exact) mass is 370 g/mol. The van der Waals surface area contributed by atoms with Crippen molar-refractivity contribution in [2.24, 2.45) is 5.41 Å². The largest absolute Gasteiger partial charge is 0.481 e. The summed E-state index contributed by atoms with van der Waals surface area (Å²) in [6, 6.07) is 2.22.